The molecule has 15 heavy (non-hydrogen) atoms. The van der Waals surface area contributed by atoms with Gasteiger partial charge in [0, 0.05) is 13.2 Å². The van der Waals surface area contributed by atoms with Crippen molar-refractivity contribution in [1.82, 2.24) is 14.6 Å². The van der Waals surface area contributed by atoms with E-state index in [4.69, 9.17) is 5.11 Å². The average molecular weight is 210 g/mol. The van der Waals surface area contributed by atoms with Crippen molar-refractivity contribution in [3.8, 4) is 0 Å². The number of pyridine rings is 1. The molecule has 0 atom stereocenters. The molecule has 80 valence electrons. The number of halogens is 1. The summed E-state index contributed by atoms with van der Waals surface area (Å²) in [5, 5.41) is 15.5. The average Bonchev–Trinajstić information content (AvgIpc) is 2.60. The van der Waals surface area contributed by atoms with E-state index in [1.807, 2.05) is 0 Å². The van der Waals surface area contributed by atoms with E-state index in [1.54, 1.807) is 6.07 Å². The quantitative estimate of drug-likeness (QED) is 0.728. The summed E-state index contributed by atoms with van der Waals surface area (Å²) in [5.41, 5.74) is 0.586. The van der Waals surface area contributed by atoms with Crippen LogP contribution in [0.25, 0.3) is 5.65 Å². The van der Waals surface area contributed by atoms with Crippen molar-refractivity contribution in [3.63, 3.8) is 0 Å². The summed E-state index contributed by atoms with van der Waals surface area (Å²) >= 11 is 0. The third-order valence-electron chi connectivity index (χ3n) is 1.91. The normalized spacial score (nSPS) is 10.8. The van der Waals surface area contributed by atoms with E-state index in [2.05, 4.69) is 15.4 Å². The van der Waals surface area contributed by atoms with Crippen LogP contribution < -0.4 is 5.32 Å². The molecule has 0 amide bonds. The molecule has 2 aromatic rings. The van der Waals surface area contributed by atoms with Gasteiger partial charge in [-0.25, -0.2) is 8.91 Å². The molecule has 6 heteroatoms. The Hall–Kier alpha value is -1.69. The van der Waals surface area contributed by atoms with E-state index in [0.29, 0.717) is 24.6 Å². The molecule has 2 N–H and O–H groups in total. The van der Waals surface area contributed by atoms with Crippen LogP contribution >= 0.6 is 0 Å². The molecule has 0 aliphatic rings. The first kappa shape index (κ1) is 9.85. The number of nitrogens with zero attached hydrogens (tertiary/aromatic N) is 3. The van der Waals surface area contributed by atoms with Gasteiger partial charge < -0.3 is 10.4 Å². The molecule has 2 rings (SSSR count). The molecule has 5 nitrogen and oxygen atoms in total. The summed E-state index contributed by atoms with van der Waals surface area (Å²) < 4.78 is 14.2. The zero-order valence-electron chi connectivity index (χ0n) is 8.02. The van der Waals surface area contributed by atoms with Crippen LogP contribution in [0.2, 0.25) is 0 Å². The molecule has 0 aliphatic carbocycles. The number of nitrogens with one attached hydrogen (secondary N) is 1. The highest BCUT2D eigenvalue weighted by Crippen LogP contribution is 2.06. The van der Waals surface area contributed by atoms with E-state index < -0.39 is 0 Å². The zero-order valence-corrected chi connectivity index (χ0v) is 8.02. The van der Waals surface area contributed by atoms with Gasteiger partial charge >= 0.3 is 0 Å². The molecule has 0 aliphatic heterocycles. The van der Waals surface area contributed by atoms with Crippen LogP contribution in [-0.2, 0) is 0 Å². The lowest BCUT2D eigenvalue weighted by Crippen LogP contribution is -2.04. The summed E-state index contributed by atoms with van der Waals surface area (Å²) in [6, 6.07) is 2.89. The monoisotopic (exact) mass is 210 g/mol. The second-order valence-electron chi connectivity index (χ2n) is 3.09. The molecule has 0 bridgehead atoms. The number of aliphatic hydroxyl groups excluding tert-OH is 1. The predicted molar refractivity (Wildman–Crippen MR) is 53.1 cm³/mol. The molecule has 0 unspecified atom stereocenters. The Morgan fingerprint density at radius 3 is 3.13 bits per heavy atom. The van der Waals surface area contributed by atoms with E-state index in [0.717, 1.165) is 0 Å². The first-order valence-electron chi connectivity index (χ1n) is 4.66. The van der Waals surface area contributed by atoms with Crippen LogP contribution in [-0.4, -0.2) is 32.9 Å². The van der Waals surface area contributed by atoms with Crippen molar-refractivity contribution in [2.24, 2.45) is 0 Å². The molecule has 0 saturated heterocycles. The third-order valence-corrected chi connectivity index (χ3v) is 1.91. The van der Waals surface area contributed by atoms with Gasteiger partial charge in [-0.1, -0.05) is 0 Å². The summed E-state index contributed by atoms with van der Waals surface area (Å²) in [6.07, 6.45) is 1.89. The Morgan fingerprint density at radius 1 is 1.47 bits per heavy atom. The van der Waals surface area contributed by atoms with Crippen molar-refractivity contribution in [2.75, 3.05) is 18.5 Å². The number of aromatic nitrogens is 3. The molecule has 0 aromatic carbocycles. The summed E-state index contributed by atoms with van der Waals surface area (Å²) in [4.78, 5) is 4.12. The highest BCUT2D eigenvalue weighted by Gasteiger charge is 2.02. The Balaban J connectivity index is 2.16. The van der Waals surface area contributed by atoms with Crippen LogP contribution in [0.15, 0.2) is 18.3 Å². The lowest BCUT2D eigenvalue weighted by Gasteiger charge is -1.96. The Morgan fingerprint density at radius 2 is 2.33 bits per heavy atom. The van der Waals surface area contributed by atoms with Gasteiger partial charge in [-0.2, -0.15) is 4.98 Å². The van der Waals surface area contributed by atoms with Gasteiger partial charge in [0.25, 0.3) is 0 Å². The van der Waals surface area contributed by atoms with Gasteiger partial charge in [0.05, 0.1) is 6.20 Å². The Bertz CT molecular complexity index is 456. The van der Waals surface area contributed by atoms with Crippen molar-refractivity contribution in [3.05, 3.63) is 24.1 Å². The minimum absolute atomic E-state index is 0.120. The van der Waals surface area contributed by atoms with Crippen LogP contribution in [0.5, 0.6) is 0 Å². The molecule has 0 saturated carbocycles. The van der Waals surface area contributed by atoms with Crippen LogP contribution in [0, 0.1) is 5.82 Å². The van der Waals surface area contributed by atoms with Crippen LogP contribution in [0.1, 0.15) is 6.42 Å². The maximum absolute atomic E-state index is 12.8. The van der Waals surface area contributed by atoms with E-state index >= 15 is 0 Å². The molecule has 0 spiro atoms. The number of fused-ring (bicyclic) bond motifs is 1. The van der Waals surface area contributed by atoms with Gasteiger partial charge in [0.2, 0.25) is 5.95 Å². The van der Waals surface area contributed by atoms with Gasteiger partial charge in [0.15, 0.2) is 5.65 Å². The Kier molecular flexibility index (Phi) is 2.77. The molecule has 2 aromatic heterocycles. The fourth-order valence-corrected chi connectivity index (χ4v) is 1.21. The van der Waals surface area contributed by atoms with E-state index in [-0.39, 0.29) is 12.4 Å². The van der Waals surface area contributed by atoms with Gasteiger partial charge in [-0.3, -0.25) is 0 Å². The Labute approximate surface area is 85.6 Å². The van der Waals surface area contributed by atoms with E-state index in [9.17, 15) is 4.39 Å². The molecule has 0 radical (unpaired) electrons. The molecular formula is C9H11FN4O. The summed E-state index contributed by atoms with van der Waals surface area (Å²) in [5.74, 6) is 0.0864. The first-order chi connectivity index (χ1) is 7.29. The number of anilines is 1. The lowest BCUT2D eigenvalue weighted by atomic mass is 10.4. The second kappa shape index (κ2) is 4.22. The maximum atomic E-state index is 12.8. The SMILES string of the molecule is OCCCNc1nc2ccc(F)cn2n1. The standard InChI is InChI=1S/C9H11FN4O/c10-7-2-3-8-12-9(11-4-1-5-15)13-14(8)6-7/h2-3,6,15H,1,4-5H2,(H,11,13). The van der Waals surface area contributed by atoms with Gasteiger partial charge in [0.1, 0.15) is 5.82 Å². The first-order valence-corrected chi connectivity index (χ1v) is 4.66. The highest BCUT2D eigenvalue weighted by molar-refractivity contribution is 5.42. The highest BCUT2D eigenvalue weighted by atomic mass is 19.1. The zero-order chi connectivity index (χ0) is 10.7. The molecule has 0 fully saturated rings. The van der Waals surface area contributed by atoms with Crippen molar-refractivity contribution >= 4 is 11.6 Å². The van der Waals surface area contributed by atoms with Crippen LogP contribution in [0.4, 0.5) is 10.3 Å². The van der Waals surface area contributed by atoms with Crippen LogP contribution in [0.3, 0.4) is 0 Å². The minimum Gasteiger partial charge on any atom is -0.396 e. The third kappa shape index (κ3) is 2.21. The predicted octanol–water partition coefficient (Wildman–Crippen LogP) is 0.663. The van der Waals surface area contributed by atoms with Crippen molar-refractivity contribution in [2.45, 2.75) is 6.42 Å². The minimum atomic E-state index is -0.352. The maximum Gasteiger partial charge on any atom is 0.243 e. The molecular weight excluding hydrogens is 199 g/mol. The number of hydrogen-bond acceptors (Lipinski definition) is 4. The van der Waals surface area contributed by atoms with Gasteiger partial charge in [-0.05, 0) is 18.6 Å². The number of rotatable bonds is 4. The number of hydrogen-bond donors (Lipinski definition) is 2. The number of aliphatic hydroxyl groups is 1. The van der Waals surface area contributed by atoms with Gasteiger partial charge in [-0.15, -0.1) is 5.10 Å². The lowest BCUT2D eigenvalue weighted by molar-refractivity contribution is 0.292. The molecule has 2 heterocycles. The van der Waals surface area contributed by atoms with Crippen molar-refractivity contribution in [1.29, 1.82) is 0 Å². The largest absolute Gasteiger partial charge is 0.396 e. The smallest absolute Gasteiger partial charge is 0.243 e. The van der Waals surface area contributed by atoms with Crippen molar-refractivity contribution < 1.29 is 9.50 Å². The summed E-state index contributed by atoms with van der Waals surface area (Å²) in [7, 11) is 0. The fourth-order valence-electron chi connectivity index (χ4n) is 1.21. The fraction of sp³-hybridized carbons (Fsp3) is 0.333. The summed E-state index contributed by atoms with van der Waals surface area (Å²) in [6.45, 7) is 0.713. The second-order valence-corrected chi connectivity index (χ2v) is 3.09. The topological polar surface area (TPSA) is 62.5 Å². The van der Waals surface area contributed by atoms with E-state index in [1.165, 1.54) is 16.8 Å².